The minimum absolute atomic E-state index is 0.104. The lowest BCUT2D eigenvalue weighted by Gasteiger charge is -2.06. The summed E-state index contributed by atoms with van der Waals surface area (Å²) in [6.45, 7) is 1.92. The summed E-state index contributed by atoms with van der Waals surface area (Å²) in [6.07, 6.45) is 0.228. The molecule has 0 spiro atoms. The Hall–Kier alpha value is -0.410. The Morgan fingerprint density at radius 3 is 2.50 bits per heavy atom. The number of hydrogen-bond donors (Lipinski definition) is 2. The zero-order valence-corrected chi connectivity index (χ0v) is 4.89. The highest BCUT2D eigenvalue weighted by Crippen LogP contribution is 1.96. The van der Waals surface area contributed by atoms with Gasteiger partial charge in [0.15, 0.2) is 0 Å². The van der Waals surface area contributed by atoms with E-state index in [4.69, 9.17) is 15.6 Å². The molecule has 0 heterocycles. The minimum atomic E-state index is -0.729. The van der Waals surface area contributed by atoms with Gasteiger partial charge in [-0.2, -0.15) is 0 Å². The molecule has 0 aliphatic rings. The van der Waals surface area contributed by atoms with Crippen LogP contribution in [0.1, 0.15) is 6.92 Å². The summed E-state index contributed by atoms with van der Waals surface area (Å²) in [5, 5.41) is 22.1. The van der Waals surface area contributed by atoms with Crippen molar-refractivity contribution in [1.29, 1.82) is 5.41 Å². The van der Waals surface area contributed by atoms with Crippen LogP contribution in [0.25, 0.3) is 0 Å². The quantitative estimate of drug-likeness (QED) is 0.375. The Labute approximate surface area is 48.5 Å². The van der Waals surface area contributed by atoms with Crippen LogP contribution in [0.15, 0.2) is 0 Å². The highest BCUT2D eigenvalue weighted by Gasteiger charge is 2.10. The molecule has 0 rings (SSSR count). The summed E-state index contributed by atoms with van der Waals surface area (Å²) in [5.74, 6) is -0.104. The zero-order valence-electron chi connectivity index (χ0n) is 4.89. The smallest absolute Gasteiger partial charge is 0.149 e. The van der Waals surface area contributed by atoms with E-state index in [2.05, 4.69) is 0 Å². The van der Waals surface area contributed by atoms with E-state index in [0.717, 1.165) is 6.21 Å². The average Bonchev–Trinajstić information content (AvgIpc) is 1.84. The monoisotopic (exact) mass is 118 g/mol. The predicted octanol–water partition coefficient (Wildman–Crippen LogP) is -0.642. The summed E-state index contributed by atoms with van der Waals surface area (Å²) in [5.41, 5.74) is 0. The lowest BCUT2D eigenvalue weighted by atomic mass is 10.1. The number of aliphatic hydroxyl groups excluding tert-OH is 1. The molecule has 0 aliphatic carbocycles. The van der Waals surface area contributed by atoms with Crippen molar-refractivity contribution in [3.63, 3.8) is 0 Å². The Bertz CT molecular complexity index is 74.8. The first-order valence-corrected chi connectivity index (χ1v) is 2.55. The highest BCUT2D eigenvalue weighted by atomic mass is 16.3. The summed E-state index contributed by atoms with van der Waals surface area (Å²) in [7, 11) is 0. The van der Waals surface area contributed by atoms with E-state index < -0.39 is 6.10 Å². The summed E-state index contributed by atoms with van der Waals surface area (Å²) in [4.78, 5) is 0. The van der Waals surface area contributed by atoms with Crippen molar-refractivity contribution in [3.05, 3.63) is 0 Å². The fourth-order valence-corrected chi connectivity index (χ4v) is 0.285. The van der Waals surface area contributed by atoms with E-state index >= 15 is 0 Å². The number of aliphatic hydroxyl groups is 1. The van der Waals surface area contributed by atoms with Crippen LogP contribution in [0.4, 0.5) is 0 Å². The lowest BCUT2D eigenvalue weighted by Crippen LogP contribution is -2.21. The van der Waals surface area contributed by atoms with E-state index in [0.29, 0.717) is 0 Å². The molecule has 3 nitrogen and oxygen atoms in total. The molecule has 48 valence electrons. The first-order valence-electron chi connectivity index (χ1n) is 2.55. The molecule has 0 saturated heterocycles. The molecule has 0 unspecified atom stereocenters. The van der Waals surface area contributed by atoms with Crippen molar-refractivity contribution in [3.8, 4) is 0 Å². The van der Waals surface area contributed by atoms with Gasteiger partial charge >= 0.3 is 0 Å². The van der Waals surface area contributed by atoms with Gasteiger partial charge in [-0.15, -0.1) is 0 Å². The number of nitrogens with one attached hydrogen (secondary N) is 1. The predicted molar refractivity (Wildman–Crippen MR) is 32.4 cm³/mol. The van der Waals surface area contributed by atoms with Gasteiger partial charge in [0.1, 0.15) is 6.61 Å². The van der Waals surface area contributed by atoms with Crippen LogP contribution in [0.5, 0.6) is 0 Å². The summed E-state index contributed by atoms with van der Waals surface area (Å²) < 4.78 is 0. The van der Waals surface area contributed by atoms with Gasteiger partial charge in [-0.3, -0.25) is 0 Å². The van der Waals surface area contributed by atoms with Gasteiger partial charge in [-0.1, -0.05) is 6.92 Å². The third-order valence-electron chi connectivity index (χ3n) is 1.08. The SMILES string of the molecule is C[C@H](C[OH2+])[C@H](O)C=N. The van der Waals surface area contributed by atoms with Crippen LogP contribution < -0.4 is 0 Å². The Balaban J connectivity index is 3.44. The van der Waals surface area contributed by atoms with Gasteiger partial charge in [0.2, 0.25) is 0 Å². The van der Waals surface area contributed by atoms with Crippen LogP contribution in [0, 0.1) is 11.3 Å². The second-order valence-electron chi connectivity index (χ2n) is 1.84. The van der Waals surface area contributed by atoms with Gasteiger partial charge in [0.05, 0.1) is 12.0 Å². The van der Waals surface area contributed by atoms with E-state index in [1.54, 1.807) is 6.92 Å². The van der Waals surface area contributed by atoms with E-state index in [9.17, 15) is 0 Å². The Morgan fingerprint density at radius 1 is 1.88 bits per heavy atom. The minimum Gasteiger partial charge on any atom is -0.445 e. The fraction of sp³-hybridized carbons (Fsp3) is 0.800. The number of rotatable bonds is 3. The summed E-state index contributed by atoms with van der Waals surface area (Å²) >= 11 is 0. The normalized spacial score (nSPS) is 17.4. The second-order valence-corrected chi connectivity index (χ2v) is 1.84. The van der Waals surface area contributed by atoms with Crippen LogP contribution in [-0.4, -0.2) is 29.1 Å². The topological polar surface area (TPSA) is 67.0 Å². The molecule has 0 aromatic carbocycles. The molecule has 0 aliphatic heterocycles. The van der Waals surface area contributed by atoms with Crippen LogP contribution in [-0.2, 0) is 0 Å². The second kappa shape index (κ2) is 3.57. The number of hydrogen-bond acceptors (Lipinski definition) is 2. The fourth-order valence-electron chi connectivity index (χ4n) is 0.285. The van der Waals surface area contributed by atoms with E-state index in [1.165, 1.54) is 0 Å². The summed E-state index contributed by atoms with van der Waals surface area (Å²) in [6, 6.07) is 0. The molecule has 0 amide bonds. The van der Waals surface area contributed by atoms with Crippen molar-refractivity contribution >= 4 is 6.21 Å². The Kier molecular flexibility index (Phi) is 3.39. The maximum Gasteiger partial charge on any atom is 0.149 e. The van der Waals surface area contributed by atoms with E-state index in [1.807, 2.05) is 0 Å². The van der Waals surface area contributed by atoms with Gasteiger partial charge in [0.25, 0.3) is 0 Å². The van der Waals surface area contributed by atoms with Gasteiger partial charge in [0, 0.05) is 6.21 Å². The first-order chi connectivity index (χ1) is 3.72. The molecule has 0 fully saturated rings. The largest absolute Gasteiger partial charge is 0.445 e. The van der Waals surface area contributed by atoms with E-state index in [-0.39, 0.29) is 12.5 Å². The van der Waals surface area contributed by atoms with Crippen molar-refractivity contribution in [1.82, 2.24) is 0 Å². The molecule has 8 heavy (non-hydrogen) atoms. The molecule has 4 N–H and O–H groups in total. The molecule has 0 saturated carbocycles. The molecule has 2 atom stereocenters. The third-order valence-corrected chi connectivity index (χ3v) is 1.08. The van der Waals surface area contributed by atoms with Crippen molar-refractivity contribution in [2.75, 3.05) is 6.61 Å². The van der Waals surface area contributed by atoms with Gasteiger partial charge < -0.3 is 15.6 Å². The maximum absolute atomic E-state index is 8.76. The van der Waals surface area contributed by atoms with Gasteiger partial charge in [-0.05, 0) is 0 Å². The molecule has 0 aromatic heterocycles. The van der Waals surface area contributed by atoms with Gasteiger partial charge in [-0.25, -0.2) is 0 Å². The molecule has 0 radical (unpaired) electrons. The molecular weight excluding hydrogens is 106 g/mol. The highest BCUT2D eigenvalue weighted by molar-refractivity contribution is 5.59. The van der Waals surface area contributed by atoms with Crippen LogP contribution in [0.2, 0.25) is 0 Å². The van der Waals surface area contributed by atoms with Crippen LogP contribution in [0.3, 0.4) is 0 Å². The first kappa shape index (κ1) is 7.59. The zero-order chi connectivity index (χ0) is 6.57. The molecule has 3 heteroatoms. The third kappa shape index (κ3) is 2.04. The molecule has 0 aromatic rings. The maximum atomic E-state index is 8.76. The van der Waals surface area contributed by atoms with Crippen molar-refractivity contribution in [2.24, 2.45) is 5.92 Å². The average molecular weight is 118 g/mol. The van der Waals surface area contributed by atoms with Crippen LogP contribution >= 0.6 is 0 Å². The molecular formula is C5H12NO2+. The Morgan fingerprint density at radius 2 is 2.38 bits per heavy atom. The molecule has 0 bridgehead atoms. The van der Waals surface area contributed by atoms with Crippen molar-refractivity contribution in [2.45, 2.75) is 13.0 Å². The lowest BCUT2D eigenvalue weighted by molar-refractivity contribution is 0.127. The standard InChI is InChI=1S/C5H11NO2/c1-4(3-7)5(8)2-6/h2,4-8H,3H2,1H3/p+1/t4-,5-/m1/s1. The van der Waals surface area contributed by atoms with Crippen molar-refractivity contribution < 1.29 is 10.2 Å².